The smallest absolute Gasteiger partial charge is 0.123 e. The number of rotatable bonds is 7. The van der Waals surface area contributed by atoms with Gasteiger partial charge >= 0.3 is 0 Å². The third-order valence-corrected chi connectivity index (χ3v) is 5.01. The molecule has 4 heteroatoms. The van der Waals surface area contributed by atoms with E-state index in [2.05, 4.69) is 60.9 Å². The van der Waals surface area contributed by atoms with Gasteiger partial charge in [-0.3, -0.25) is 4.90 Å². The quantitative estimate of drug-likeness (QED) is 0.837. The van der Waals surface area contributed by atoms with E-state index < -0.39 is 0 Å². The minimum absolute atomic E-state index is 0.376. The van der Waals surface area contributed by atoms with E-state index in [-0.39, 0.29) is 0 Å². The number of benzene rings is 1. The van der Waals surface area contributed by atoms with Crippen molar-refractivity contribution in [3.8, 4) is 5.75 Å². The second-order valence-corrected chi connectivity index (χ2v) is 7.92. The lowest BCUT2D eigenvalue weighted by Gasteiger charge is -2.37. The lowest BCUT2D eigenvalue weighted by Crippen LogP contribution is -2.44. The van der Waals surface area contributed by atoms with Crippen LogP contribution in [0.5, 0.6) is 5.75 Å². The molecule has 2 rings (SSSR count). The zero-order valence-corrected chi connectivity index (χ0v) is 14.3. The van der Waals surface area contributed by atoms with Crippen molar-refractivity contribution < 1.29 is 4.74 Å². The van der Waals surface area contributed by atoms with Crippen LogP contribution in [0.25, 0.3) is 0 Å². The minimum atomic E-state index is 0.376. The van der Waals surface area contributed by atoms with Gasteiger partial charge < -0.3 is 10.1 Å². The summed E-state index contributed by atoms with van der Waals surface area (Å²) < 4.78 is 6.39. The van der Waals surface area contributed by atoms with E-state index in [1.54, 1.807) is 0 Å². The second kappa shape index (κ2) is 8.06. The van der Waals surface area contributed by atoms with Crippen LogP contribution in [0.2, 0.25) is 0 Å². The number of nitrogens with one attached hydrogen (secondary N) is 1. The van der Waals surface area contributed by atoms with Crippen LogP contribution in [0.1, 0.15) is 26.3 Å². The number of hydrogen-bond donors (Lipinski definition) is 1. The van der Waals surface area contributed by atoms with Gasteiger partial charge in [0.25, 0.3) is 0 Å². The van der Waals surface area contributed by atoms with Gasteiger partial charge in [0.15, 0.2) is 0 Å². The molecule has 0 radical (unpaired) electrons. The third kappa shape index (κ3) is 5.53. The fourth-order valence-corrected chi connectivity index (χ4v) is 3.82. The van der Waals surface area contributed by atoms with Gasteiger partial charge in [0.2, 0.25) is 0 Å². The van der Waals surface area contributed by atoms with Crippen LogP contribution in [0.3, 0.4) is 0 Å². The number of nitrogens with zero attached hydrogens (tertiary/aromatic N) is 1. The molecule has 1 aromatic rings. The SMILES string of the molecule is CCNCc1ccccc1OCCN1CCSC(C)(C)C1. The summed E-state index contributed by atoms with van der Waals surface area (Å²) in [6.45, 7) is 12.8. The highest BCUT2D eigenvalue weighted by molar-refractivity contribution is 8.00. The largest absolute Gasteiger partial charge is 0.492 e. The first-order valence-corrected chi connectivity index (χ1v) is 8.87. The predicted octanol–water partition coefficient (Wildman–Crippen LogP) is 3.00. The van der Waals surface area contributed by atoms with Gasteiger partial charge in [-0.15, -0.1) is 0 Å². The molecule has 0 bridgehead atoms. The van der Waals surface area contributed by atoms with Crippen molar-refractivity contribution in [2.75, 3.05) is 38.5 Å². The molecule has 1 aromatic carbocycles. The summed E-state index contributed by atoms with van der Waals surface area (Å²) in [5.41, 5.74) is 1.24. The van der Waals surface area contributed by atoms with E-state index in [9.17, 15) is 0 Å². The van der Waals surface area contributed by atoms with Crippen LogP contribution in [-0.4, -0.2) is 48.2 Å². The highest BCUT2D eigenvalue weighted by Crippen LogP contribution is 2.29. The molecule has 1 N–H and O–H groups in total. The Bertz CT molecular complexity index is 437. The molecule has 1 aliphatic heterocycles. The van der Waals surface area contributed by atoms with Crippen LogP contribution in [0.15, 0.2) is 24.3 Å². The molecule has 1 saturated heterocycles. The van der Waals surface area contributed by atoms with Crippen molar-refractivity contribution in [2.45, 2.75) is 32.1 Å². The van der Waals surface area contributed by atoms with Gasteiger partial charge in [-0.2, -0.15) is 11.8 Å². The van der Waals surface area contributed by atoms with E-state index in [4.69, 9.17) is 4.74 Å². The highest BCUT2D eigenvalue weighted by Gasteiger charge is 2.26. The summed E-state index contributed by atoms with van der Waals surface area (Å²) in [5.74, 6) is 2.24. The van der Waals surface area contributed by atoms with Crippen molar-refractivity contribution in [3.63, 3.8) is 0 Å². The highest BCUT2D eigenvalue weighted by atomic mass is 32.2. The summed E-state index contributed by atoms with van der Waals surface area (Å²) in [4.78, 5) is 2.52. The van der Waals surface area contributed by atoms with E-state index in [1.165, 1.54) is 17.9 Å². The monoisotopic (exact) mass is 308 g/mol. The molecule has 0 saturated carbocycles. The summed E-state index contributed by atoms with van der Waals surface area (Å²) in [6.07, 6.45) is 0. The number of thioether (sulfide) groups is 1. The van der Waals surface area contributed by atoms with E-state index >= 15 is 0 Å². The third-order valence-electron chi connectivity index (χ3n) is 3.71. The zero-order chi connectivity index (χ0) is 15.1. The van der Waals surface area contributed by atoms with Crippen LogP contribution in [0.4, 0.5) is 0 Å². The Kier molecular flexibility index (Phi) is 6.40. The molecule has 0 atom stereocenters. The predicted molar refractivity (Wildman–Crippen MR) is 92.3 cm³/mol. The van der Waals surface area contributed by atoms with Crippen LogP contribution >= 0.6 is 11.8 Å². The average molecular weight is 308 g/mol. The van der Waals surface area contributed by atoms with E-state index in [0.717, 1.165) is 38.5 Å². The maximum atomic E-state index is 6.02. The Morgan fingerprint density at radius 1 is 1.33 bits per heavy atom. The fourth-order valence-electron chi connectivity index (χ4n) is 2.64. The van der Waals surface area contributed by atoms with Crippen molar-refractivity contribution in [2.24, 2.45) is 0 Å². The summed E-state index contributed by atoms with van der Waals surface area (Å²) in [7, 11) is 0. The Labute approximate surface area is 133 Å². The lowest BCUT2D eigenvalue weighted by molar-refractivity contribution is 0.201. The Hall–Kier alpha value is -0.710. The van der Waals surface area contributed by atoms with Crippen molar-refractivity contribution in [1.82, 2.24) is 10.2 Å². The zero-order valence-electron chi connectivity index (χ0n) is 13.5. The van der Waals surface area contributed by atoms with Crippen molar-refractivity contribution in [1.29, 1.82) is 0 Å². The molecule has 118 valence electrons. The molecular formula is C17H28N2OS. The molecular weight excluding hydrogens is 280 g/mol. The van der Waals surface area contributed by atoms with E-state index in [1.807, 2.05) is 6.07 Å². The fraction of sp³-hybridized carbons (Fsp3) is 0.647. The first-order valence-electron chi connectivity index (χ1n) is 7.88. The normalized spacial score (nSPS) is 18.6. The molecule has 1 aliphatic rings. The molecule has 0 aromatic heterocycles. The molecule has 21 heavy (non-hydrogen) atoms. The summed E-state index contributed by atoms with van der Waals surface area (Å²) >= 11 is 2.07. The molecule has 0 unspecified atom stereocenters. The number of hydrogen-bond acceptors (Lipinski definition) is 4. The maximum absolute atomic E-state index is 6.02. The number of ether oxygens (including phenoxy) is 1. The van der Waals surface area contributed by atoms with Gasteiger partial charge in [0, 0.05) is 42.2 Å². The molecule has 1 heterocycles. The van der Waals surface area contributed by atoms with Crippen LogP contribution < -0.4 is 10.1 Å². The molecule has 1 fully saturated rings. The first kappa shape index (κ1) is 16.7. The second-order valence-electron chi connectivity index (χ2n) is 6.12. The van der Waals surface area contributed by atoms with Crippen molar-refractivity contribution >= 4 is 11.8 Å². The number of para-hydroxylation sites is 1. The molecule has 0 amide bonds. The summed E-state index contributed by atoms with van der Waals surface area (Å²) in [5, 5.41) is 3.36. The minimum Gasteiger partial charge on any atom is -0.492 e. The summed E-state index contributed by atoms with van der Waals surface area (Å²) in [6, 6.07) is 8.33. The van der Waals surface area contributed by atoms with Gasteiger partial charge in [0.05, 0.1) is 0 Å². The van der Waals surface area contributed by atoms with Crippen LogP contribution in [-0.2, 0) is 6.54 Å². The van der Waals surface area contributed by atoms with Crippen LogP contribution in [0, 0.1) is 0 Å². The lowest BCUT2D eigenvalue weighted by atomic mass is 10.2. The standard InChI is InChI=1S/C17H28N2OS/c1-4-18-13-15-7-5-6-8-16(15)20-11-9-19-10-12-21-17(2,3)14-19/h5-8,18H,4,9-14H2,1-3H3. The van der Waals surface area contributed by atoms with Gasteiger partial charge in [-0.1, -0.05) is 25.1 Å². The molecule has 0 aliphatic carbocycles. The van der Waals surface area contributed by atoms with Gasteiger partial charge in [-0.05, 0) is 26.5 Å². The topological polar surface area (TPSA) is 24.5 Å². The molecule has 3 nitrogen and oxygen atoms in total. The van der Waals surface area contributed by atoms with Crippen molar-refractivity contribution in [3.05, 3.63) is 29.8 Å². The maximum Gasteiger partial charge on any atom is 0.123 e. The molecule has 0 spiro atoms. The Morgan fingerprint density at radius 3 is 2.90 bits per heavy atom. The average Bonchev–Trinajstić information content (AvgIpc) is 2.45. The van der Waals surface area contributed by atoms with Gasteiger partial charge in [-0.25, -0.2) is 0 Å². The Morgan fingerprint density at radius 2 is 2.14 bits per heavy atom. The van der Waals surface area contributed by atoms with E-state index in [0.29, 0.717) is 4.75 Å². The Balaban J connectivity index is 1.80. The first-order chi connectivity index (χ1) is 10.1. The van der Waals surface area contributed by atoms with Gasteiger partial charge in [0.1, 0.15) is 12.4 Å².